The molecule has 0 fully saturated rings. The van der Waals surface area contributed by atoms with E-state index in [1.165, 1.54) is 0 Å². The van der Waals surface area contributed by atoms with Gasteiger partial charge in [0.25, 0.3) is 5.91 Å². The van der Waals surface area contributed by atoms with Crippen LogP contribution < -0.4 is 10.6 Å². The first kappa shape index (κ1) is 22.1. The average Bonchev–Trinajstić information content (AvgIpc) is 3.23. The lowest BCUT2D eigenvalue weighted by atomic mass is 9.99. The fourth-order valence-electron chi connectivity index (χ4n) is 4.05. The number of aromatic nitrogens is 1. The Morgan fingerprint density at radius 3 is 2.40 bits per heavy atom. The zero-order chi connectivity index (χ0) is 24.2. The lowest BCUT2D eigenvalue weighted by Gasteiger charge is -2.15. The van der Waals surface area contributed by atoms with Gasteiger partial charge in [-0.1, -0.05) is 54.6 Å². The third kappa shape index (κ3) is 4.54. The number of benzene rings is 3. The molecule has 35 heavy (non-hydrogen) atoms. The third-order valence-corrected chi connectivity index (χ3v) is 5.70. The molecule has 2 N–H and O–H groups in total. The number of esters is 1. The van der Waals surface area contributed by atoms with Crippen LogP contribution in [0, 0.1) is 0 Å². The molecule has 0 aliphatic carbocycles. The van der Waals surface area contributed by atoms with Crippen LogP contribution in [0.15, 0.2) is 97.2 Å². The average molecular weight is 462 g/mol. The van der Waals surface area contributed by atoms with Crippen LogP contribution in [-0.2, 0) is 9.53 Å². The Kier molecular flexibility index (Phi) is 6.09. The second kappa shape index (κ2) is 9.65. The summed E-state index contributed by atoms with van der Waals surface area (Å²) in [7, 11) is 0. The molecule has 1 amide bonds. The number of carbonyl (C=O) groups excluding carboxylic acids is 2. The highest BCUT2D eigenvalue weighted by atomic mass is 16.5. The Hall–Kier alpha value is -4.71. The van der Waals surface area contributed by atoms with Crippen LogP contribution in [0.4, 0.5) is 11.4 Å². The van der Waals surface area contributed by atoms with Gasteiger partial charge in [-0.05, 0) is 48.9 Å². The number of hydrogen-bond acceptors (Lipinski definition) is 5. The summed E-state index contributed by atoms with van der Waals surface area (Å²) in [6, 6.07) is 28.5. The molecular weight excluding hydrogens is 438 g/mol. The van der Waals surface area contributed by atoms with Gasteiger partial charge in [0.05, 0.1) is 34.8 Å². The van der Waals surface area contributed by atoms with Gasteiger partial charge in [0.15, 0.2) is 0 Å². The van der Waals surface area contributed by atoms with Gasteiger partial charge in [0.1, 0.15) is 0 Å². The molecule has 1 aliphatic heterocycles. The van der Waals surface area contributed by atoms with Gasteiger partial charge in [-0.25, -0.2) is 4.79 Å². The number of nitrogens with zero attached hydrogens (tertiary/aromatic N) is 1. The molecule has 6 heteroatoms. The van der Waals surface area contributed by atoms with Crippen LogP contribution in [0.2, 0.25) is 0 Å². The van der Waals surface area contributed by atoms with Crippen molar-refractivity contribution in [2.75, 3.05) is 17.2 Å². The SMILES string of the molecule is CCOC(=O)c1ccc2c(c1)NC(=O)/C2=C(/Nc1ccc(-c2ccccn2)cc1)c1ccccc1. The minimum Gasteiger partial charge on any atom is -0.462 e. The van der Waals surface area contributed by atoms with Crippen LogP contribution in [0.1, 0.15) is 28.4 Å². The van der Waals surface area contributed by atoms with E-state index in [0.717, 1.165) is 28.1 Å². The Labute approximate surface area is 203 Å². The Morgan fingerprint density at radius 1 is 0.914 bits per heavy atom. The number of pyridine rings is 1. The van der Waals surface area contributed by atoms with E-state index in [2.05, 4.69) is 15.6 Å². The molecule has 4 aromatic rings. The van der Waals surface area contributed by atoms with Crippen LogP contribution in [0.5, 0.6) is 0 Å². The van der Waals surface area contributed by atoms with Crippen molar-refractivity contribution in [3.63, 3.8) is 0 Å². The molecule has 5 rings (SSSR count). The smallest absolute Gasteiger partial charge is 0.338 e. The summed E-state index contributed by atoms with van der Waals surface area (Å²) < 4.78 is 5.10. The van der Waals surface area contributed by atoms with E-state index in [0.29, 0.717) is 22.5 Å². The summed E-state index contributed by atoms with van der Waals surface area (Å²) in [6.07, 6.45) is 1.77. The number of rotatable bonds is 6. The molecule has 0 saturated heterocycles. The van der Waals surface area contributed by atoms with E-state index in [4.69, 9.17) is 4.74 Å². The van der Waals surface area contributed by atoms with Crippen molar-refractivity contribution in [2.24, 2.45) is 0 Å². The maximum Gasteiger partial charge on any atom is 0.338 e. The van der Waals surface area contributed by atoms with E-state index >= 15 is 0 Å². The minimum absolute atomic E-state index is 0.238. The van der Waals surface area contributed by atoms with Crippen molar-refractivity contribution in [1.29, 1.82) is 0 Å². The summed E-state index contributed by atoms with van der Waals surface area (Å²) >= 11 is 0. The number of fused-ring (bicyclic) bond motifs is 1. The molecule has 1 aliphatic rings. The van der Waals surface area contributed by atoms with Gasteiger partial charge in [0, 0.05) is 23.0 Å². The summed E-state index contributed by atoms with van der Waals surface area (Å²) in [6.45, 7) is 2.04. The second-order valence-electron chi connectivity index (χ2n) is 7.97. The Bertz CT molecular complexity index is 1410. The number of ether oxygens (including phenoxy) is 1. The van der Waals surface area contributed by atoms with Gasteiger partial charge in [-0.2, -0.15) is 0 Å². The molecule has 3 aromatic carbocycles. The summed E-state index contributed by atoms with van der Waals surface area (Å²) in [5, 5.41) is 6.35. The third-order valence-electron chi connectivity index (χ3n) is 5.70. The molecule has 1 aromatic heterocycles. The number of anilines is 2. The van der Waals surface area contributed by atoms with Crippen molar-refractivity contribution in [3.8, 4) is 11.3 Å². The van der Waals surface area contributed by atoms with E-state index < -0.39 is 5.97 Å². The zero-order valence-electron chi connectivity index (χ0n) is 19.1. The molecule has 0 spiro atoms. The number of amides is 1. The molecule has 0 radical (unpaired) electrons. The lowest BCUT2D eigenvalue weighted by molar-refractivity contribution is -0.110. The highest BCUT2D eigenvalue weighted by Gasteiger charge is 2.29. The van der Waals surface area contributed by atoms with E-state index in [9.17, 15) is 9.59 Å². The number of hydrogen-bond donors (Lipinski definition) is 2. The van der Waals surface area contributed by atoms with Crippen LogP contribution in [-0.4, -0.2) is 23.5 Å². The van der Waals surface area contributed by atoms with Crippen molar-refractivity contribution < 1.29 is 14.3 Å². The zero-order valence-corrected chi connectivity index (χ0v) is 19.1. The van der Waals surface area contributed by atoms with Gasteiger partial charge < -0.3 is 15.4 Å². The lowest BCUT2D eigenvalue weighted by Crippen LogP contribution is -2.10. The largest absolute Gasteiger partial charge is 0.462 e. The number of carbonyl (C=O) groups is 2. The van der Waals surface area contributed by atoms with E-state index in [-0.39, 0.29) is 12.5 Å². The molecule has 0 unspecified atom stereocenters. The molecule has 172 valence electrons. The highest BCUT2D eigenvalue weighted by Crippen LogP contribution is 2.38. The normalized spacial score (nSPS) is 13.6. The molecule has 2 heterocycles. The number of nitrogens with one attached hydrogen (secondary N) is 2. The Morgan fingerprint density at radius 2 is 1.69 bits per heavy atom. The molecule has 6 nitrogen and oxygen atoms in total. The fraction of sp³-hybridized carbons (Fsp3) is 0.0690. The van der Waals surface area contributed by atoms with Crippen LogP contribution in [0.25, 0.3) is 22.5 Å². The summed E-state index contributed by atoms with van der Waals surface area (Å²) in [5.41, 5.74) is 6.48. The molecule has 0 atom stereocenters. The molecule has 0 bridgehead atoms. The van der Waals surface area contributed by atoms with Gasteiger partial charge in [0.2, 0.25) is 0 Å². The minimum atomic E-state index is -0.420. The van der Waals surface area contributed by atoms with Crippen molar-refractivity contribution in [1.82, 2.24) is 4.98 Å². The standard InChI is InChI=1S/C29H23N3O3/c1-2-35-29(34)21-13-16-23-25(18-21)32-28(33)26(23)27(20-8-4-3-5-9-20)31-22-14-11-19(12-15-22)24-10-6-7-17-30-24/h3-18,31H,2H2,1H3,(H,32,33)/b27-26+. The van der Waals surface area contributed by atoms with Crippen molar-refractivity contribution in [2.45, 2.75) is 6.92 Å². The van der Waals surface area contributed by atoms with Crippen LogP contribution in [0.3, 0.4) is 0 Å². The maximum absolute atomic E-state index is 13.1. The maximum atomic E-state index is 13.1. The van der Waals surface area contributed by atoms with Gasteiger partial charge in [-0.15, -0.1) is 0 Å². The fourth-order valence-corrected chi connectivity index (χ4v) is 4.05. The predicted molar refractivity (Wildman–Crippen MR) is 138 cm³/mol. The molecule has 0 saturated carbocycles. The topological polar surface area (TPSA) is 80.3 Å². The monoisotopic (exact) mass is 461 g/mol. The summed E-state index contributed by atoms with van der Waals surface area (Å²) in [5.74, 6) is -0.658. The van der Waals surface area contributed by atoms with E-state index in [1.54, 1.807) is 31.3 Å². The highest BCUT2D eigenvalue weighted by molar-refractivity contribution is 6.37. The van der Waals surface area contributed by atoms with Gasteiger partial charge in [-0.3, -0.25) is 9.78 Å². The predicted octanol–water partition coefficient (Wildman–Crippen LogP) is 5.86. The van der Waals surface area contributed by atoms with Crippen molar-refractivity contribution >= 4 is 34.5 Å². The quantitative estimate of drug-likeness (QED) is 0.278. The first-order chi connectivity index (χ1) is 17.1. The van der Waals surface area contributed by atoms with Crippen molar-refractivity contribution in [3.05, 3.63) is 114 Å². The Balaban J connectivity index is 1.55. The second-order valence-corrected chi connectivity index (χ2v) is 7.97. The first-order valence-electron chi connectivity index (χ1n) is 11.3. The van der Waals surface area contributed by atoms with Gasteiger partial charge >= 0.3 is 5.97 Å². The van der Waals surface area contributed by atoms with Crippen LogP contribution >= 0.6 is 0 Å². The first-order valence-corrected chi connectivity index (χ1v) is 11.3. The summed E-state index contributed by atoms with van der Waals surface area (Å²) in [4.78, 5) is 29.7. The van der Waals surface area contributed by atoms with E-state index in [1.807, 2.05) is 72.8 Å². The molecular formula is C29H23N3O3.